The number of hydrogen-bond acceptors (Lipinski definition) is 3. The molecule has 0 spiro atoms. The number of aliphatic imine (C=N–C) groups is 1. The number of halogens is 2. The fourth-order valence-electron chi connectivity index (χ4n) is 5.27. The standard InChI is InChI=1S/C27H33F2N3O/c1-4-27(23-7-11-25(29)12-8-23)26(33)32(20(3)30-27)18-13-19(2)31-16-14-22(15-17-31)21-5-9-24(28)10-6-21/h5-12,19,22H,4,13-18H2,1-3H3/t19-,27+/m0/s1. The highest BCUT2D eigenvalue weighted by Gasteiger charge is 2.47. The third kappa shape index (κ3) is 4.72. The molecule has 0 unspecified atom stereocenters. The van der Waals surface area contributed by atoms with Crippen molar-refractivity contribution in [2.45, 2.75) is 64.0 Å². The van der Waals surface area contributed by atoms with Crippen molar-refractivity contribution in [2.75, 3.05) is 19.6 Å². The average molecular weight is 454 g/mol. The van der Waals surface area contributed by atoms with Crippen molar-refractivity contribution in [1.29, 1.82) is 0 Å². The van der Waals surface area contributed by atoms with Gasteiger partial charge in [0.2, 0.25) is 0 Å². The molecule has 1 fully saturated rings. The maximum absolute atomic E-state index is 13.4. The number of carbonyl (C=O) groups excluding carboxylic acids is 1. The van der Waals surface area contributed by atoms with Crippen molar-refractivity contribution < 1.29 is 13.6 Å². The van der Waals surface area contributed by atoms with E-state index in [0.717, 1.165) is 43.8 Å². The summed E-state index contributed by atoms with van der Waals surface area (Å²) in [6.45, 7) is 8.68. The molecular weight excluding hydrogens is 420 g/mol. The molecule has 2 heterocycles. The summed E-state index contributed by atoms with van der Waals surface area (Å²) in [5.74, 6) is 0.686. The van der Waals surface area contributed by atoms with Crippen LogP contribution in [-0.4, -0.2) is 47.2 Å². The van der Waals surface area contributed by atoms with Crippen LogP contribution < -0.4 is 0 Å². The van der Waals surface area contributed by atoms with Crippen LogP contribution in [0, 0.1) is 11.6 Å². The van der Waals surface area contributed by atoms with E-state index >= 15 is 0 Å². The third-order valence-electron chi connectivity index (χ3n) is 7.44. The summed E-state index contributed by atoms with van der Waals surface area (Å²) in [6.07, 6.45) is 3.52. The van der Waals surface area contributed by atoms with Gasteiger partial charge in [0.15, 0.2) is 5.54 Å². The van der Waals surface area contributed by atoms with E-state index in [1.165, 1.54) is 17.7 Å². The van der Waals surface area contributed by atoms with Gasteiger partial charge in [-0.2, -0.15) is 0 Å². The number of nitrogens with zero attached hydrogens (tertiary/aromatic N) is 3. The Morgan fingerprint density at radius 2 is 1.61 bits per heavy atom. The minimum absolute atomic E-state index is 0.0173. The maximum Gasteiger partial charge on any atom is 0.260 e. The molecular formula is C27H33F2N3O. The van der Waals surface area contributed by atoms with Crippen LogP contribution in [0.15, 0.2) is 53.5 Å². The van der Waals surface area contributed by atoms with Crippen LogP contribution in [0.4, 0.5) is 8.78 Å². The van der Waals surface area contributed by atoms with Crippen LogP contribution in [0.2, 0.25) is 0 Å². The summed E-state index contributed by atoms with van der Waals surface area (Å²) < 4.78 is 26.6. The summed E-state index contributed by atoms with van der Waals surface area (Å²) in [6, 6.07) is 13.4. The molecule has 1 amide bonds. The fraction of sp³-hybridized carbons (Fsp3) is 0.481. The van der Waals surface area contributed by atoms with Gasteiger partial charge in [-0.05, 0) is 93.9 Å². The van der Waals surface area contributed by atoms with Crippen molar-refractivity contribution in [3.05, 3.63) is 71.3 Å². The molecule has 2 aromatic rings. The first-order valence-corrected chi connectivity index (χ1v) is 12.0. The van der Waals surface area contributed by atoms with E-state index in [4.69, 9.17) is 4.99 Å². The highest BCUT2D eigenvalue weighted by molar-refractivity contribution is 6.07. The van der Waals surface area contributed by atoms with Gasteiger partial charge in [-0.25, -0.2) is 8.78 Å². The Morgan fingerprint density at radius 1 is 1.03 bits per heavy atom. The lowest BCUT2D eigenvalue weighted by molar-refractivity contribution is -0.131. The molecule has 0 aromatic heterocycles. The summed E-state index contributed by atoms with van der Waals surface area (Å²) in [7, 11) is 0. The Morgan fingerprint density at radius 3 is 2.18 bits per heavy atom. The van der Waals surface area contributed by atoms with Gasteiger partial charge in [0.1, 0.15) is 17.5 Å². The van der Waals surface area contributed by atoms with Crippen LogP contribution in [0.1, 0.15) is 63.5 Å². The van der Waals surface area contributed by atoms with Gasteiger partial charge >= 0.3 is 0 Å². The third-order valence-corrected chi connectivity index (χ3v) is 7.44. The van der Waals surface area contributed by atoms with Crippen LogP contribution in [0.3, 0.4) is 0 Å². The van der Waals surface area contributed by atoms with E-state index in [2.05, 4.69) is 11.8 Å². The first kappa shape index (κ1) is 23.6. The van der Waals surface area contributed by atoms with Crippen LogP contribution in [0.25, 0.3) is 0 Å². The lowest BCUT2D eigenvalue weighted by atomic mass is 9.87. The summed E-state index contributed by atoms with van der Waals surface area (Å²) >= 11 is 0. The Hall–Kier alpha value is -2.60. The van der Waals surface area contributed by atoms with E-state index in [9.17, 15) is 13.6 Å². The molecule has 2 aliphatic heterocycles. The van der Waals surface area contributed by atoms with E-state index in [0.29, 0.717) is 24.9 Å². The number of rotatable bonds is 7. The zero-order chi connectivity index (χ0) is 23.6. The Kier molecular flexibility index (Phi) is 6.94. The Labute approximate surface area is 195 Å². The molecule has 0 aliphatic carbocycles. The van der Waals surface area contributed by atoms with E-state index in [1.807, 2.05) is 26.0 Å². The quantitative estimate of drug-likeness (QED) is 0.556. The molecule has 0 saturated carbocycles. The van der Waals surface area contributed by atoms with E-state index < -0.39 is 5.54 Å². The minimum Gasteiger partial charge on any atom is -0.301 e. The van der Waals surface area contributed by atoms with Gasteiger partial charge in [0.05, 0.1) is 0 Å². The zero-order valence-corrected chi connectivity index (χ0v) is 19.7. The summed E-state index contributed by atoms with van der Waals surface area (Å²) in [5, 5.41) is 0. The summed E-state index contributed by atoms with van der Waals surface area (Å²) in [5.41, 5.74) is 1.01. The van der Waals surface area contributed by atoms with Gasteiger partial charge in [-0.3, -0.25) is 14.7 Å². The first-order valence-electron chi connectivity index (χ1n) is 12.0. The van der Waals surface area contributed by atoms with Gasteiger partial charge in [0, 0.05) is 12.6 Å². The van der Waals surface area contributed by atoms with Crippen molar-refractivity contribution in [3.63, 3.8) is 0 Å². The predicted molar refractivity (Wildman–Crippen MR) is 127 cm³/mol. The molecule has 33 heavy (non-hydrogen) atoms. The average Bonchev–Trinajstić information content (AvgIpc) is 3.08. The Balaban J connectivity index is 1.34. The number of amidine groups is 1. The summed E-state index contributed by atoms with van der Waals surface area (Å²) in [4.78, 5) is 22.5. The molecule has 2 aromatic carbocycles. The largest absolute Gasteiger partial charge is 0.301 e. The van der Waals surface area contributed by atoms with Crippen LogP contribution >= 0.6 is 0 Å². The molecule has 176 valence electrons. The van der Waals surface area contributed by atoms with Crippen molar-refractivity contribution in [3.8, 4) is 0 Å². The smallest absolute Gasteiger partial charge is 0.260 e. The number of likely N-dealkylation sites (tertiary alicyclic amines) is 1. The van der Waals surface area contributed by atoms with Gasteiger partial charge < -0.3 is 4.90 Å². The van der Waals surface area contributed by atoms with Crippen LogP contribution in [-0.2, 0) is 10.3 Å². The normalized spacial score (nSPS) is 23.1. The lowest BCUT2D eigenvalue weighted by Crippen LogP contribution is -2.44. The number of carbonyl (C=O) groups is 1. The molecule has 4 rings (SSSR count). The second kappa shape index (κ2) is 9.72. The Bertz CT molecular complexity index is 997. The fourth-order valence-corrected chi connectivity index (χ4v) is 5.27. The van der Waals surface area contributed by atoms with Gasteiger partial charge in [-0.15, -0.1) is 0 Å². The molecule has 0 bridgehead atoms. The topological polar surface area (TPSA) is 35.9 Å². The lowest BCUT2D eigenvalue weighted by Gasteiger charge is -2.37. The number of benzene rings is 2. The second-order valence-electron chi connectivity index (χ2n) is 9.34. The van der Waals surface area contributed by atoms with Crippen molar-refractivity contribution in [1.82, 2.24) is 9.80 Å². The van der Waals surface area contributed by atoms with Crippen molar-refractivity contribution in [2.24, 2.45) is 4.99 Å². The second-order valence-corrected chi connectivity index (χ2v) is 9.34. The monoisotopic (exact) mass is 453 g/mol. The molecule has 0 radical (unpaired) electrons. The molecule has 1 saturated heterocycles. The van der Waals surface area contributed by atoms with E-state index in [1.54, 1.807) is 29.2 Å². The van der Waals surface area contributed by atoms with Crippen LogP contribution in [0.5, 0.6) is 0 Å². The highest BCUT2D eigenvalue weighted by atomic mass is 19.1. The predicted octanol–water partition coefficient (Wildman–Crippen LogP) is 5.49. The first-order chi connectivity index (χ1) is 15.8. The SMILES string of the molecule is CC[C@]1(c2ccc(F)cc2)N=C(C)N(CC[C@H](C)N2CCC(c3ccc(F)cc3)CC2)C1=O. The molecule has 6 heteroatoms. The highest BCUT2D eigenvalue weighted by Crippen LogP contribution is 2.37. The molecule has 2 aliphatic rings. The molecule has 0 N–H and O–H groups in total. The zero-order valence-electron chi connectivity index (χ0n) is 19.7. The number of hydrogen-bond donors (Lipinski definition) is 0. The molecule has 4 nitrogen and oxygen atoms in total. The number of amides is 1. The number of piperidine rings is 1. The van der Waals surface area contributed by atoms with Gasteiger partial charge in [-0.1, -0.05) is 31.2 Å². The van der Waals surface area contributed by atoms with Gasteiger partial charge in [0.25, 0.3) is 5.91 Å². The minimum atomic E-state index is -0.950. The van der Waals surface area contributed by atoms with Crippen molar-refractivity contribution >= 4 is 11.7 Å². The molecule has 2 atom stereocenters. The van der Waals surface area contributed by atoms with E-state index in [-0.39, 0.29) is 17.5 Å². The maximum atomic E-state index is 13.4.